The highest BCUT2D eigenvalue weighted by molar-refractivity contribution is 4.86. The Labute approximate surface area is 95.4 Å². The number of nitrogens with one attached hydrogen (secondary N) is 1. The Kier molecular flexibility index (Phi) is 5.07. The predicted molar refractivity (Wildman–Crippen MR) is 67.1 cm³/mol. The third-order valence-corrected chi connectivity index (χ3v) is 3.90. The number of nitrogens with zero attached hydrogens (tertiary/aromatic N) is 1. The van der Waals surface area contributed by atoms with Gasteiger partial charge in [0.05, 0.1) is 0 Å². The molecule has 4 unspecified atom stereocenters. The van der Waals surface area contributed by atoms with Gasteiger partial charge in [0.15, 0.2) is 0 Å². The maximum absolute atomic E-state index is 3.45. The Hall–Kier alpha value is -0.0800. The van der Waals surface area contributed by atoms with Crippen LogP contribution < -0.4 is 5.32 Å². The molecule has 15 heavy (non-hydrogen) atoms. The van der Waals surface area contributed by atoms with Crippen molar-refractivity contribution < 1.29 is 0 Å². The van der Waals surface area contributed by atoms with Crippen LogP contribution in [0.2, 0.25) is 0 Å². The van der Waals surface area contributed by atoms with Gasteiger partial charge in [0.1, 0.15) is 0 Å². The minimum absolute atomic E-state index is 0.712. The molecule has 2 nitrogen and oxygen atoms in total. The lowest BCUT2D eigenvalue weighted by molar-refractivity contribution is 0.151. The quantitative estimate of drug-likeness (QED) is 0.752. The molecule has 2 heteroatoms. The molecule has 0 aromatic carbocycles. The molecular weight excluding hydrogens is 184 g/mol. The summed E-state index contributed by atoms with van der Waals surface area (Å²) in [5, 5.41) is 3.45. The highest BCUT2D eigenvalue weighted by Crippen LogP contribution is 2.26. The summed E-state index contributed by atoms with van der Waals surface area (Å²) in [4.78, 5) is 2.69. The van der Waals surface area contributed by atoms with E-state index in [4.69, 9.17) is 0 Å². The molecule has 0 aromatic heterocycles. The van der Waals surface area contributed by atoms with Crippen LogP contribution in [0, 0.1) is 11.8 Å². The summed E-state index contributed by atoms with van der Waals surface area (Å²) in [6.07, 6.45) is 1.37. The van der Waals surface area contributed by atoms with E-state index in [0.29, 0.717) is 6.04 Å². The van der Waals surface area contributed by atoms with E-state index >= 15 is 0 Å². The summed E-state index contributed by atoms with van der Waals surface area (Å²) in [5.74, 6) is 1.63. The van der Waals surface area contributed by atoms with Crippen LogP contribution in [-0.2, 0) is 0 Å². The van der Waals surface area contributed by atoms with Crippen molar-refractivity contribution in [2.75, 3.05) is 19.6 Å². The van der Waals surface area contributed by atoms with Crippen LogP contribution in [0.25, 0.3) is 0 Å². The molecule has 1 rings (SSSR count). The highest BCUT2D eigenvalue weighted by Gasteiger charge is 2.31. The molecule has 0 radical (unpaired) electrons. The molecule has 1 fully saturated rings. The average molecular weight is 212 g/mol. The number of hydrogen-bond acceptors (Lipinski definition) is 2. The van der Waals surface area contributed by atoms with Gasteiger partial charge < -0.3 is 5.32 Å². The Morgan fingerprint density at radius 2 is 2.00 bits per heavy atom. The Morgan fingerprint density at radius 3 is 2.47 bits per heavy atom. The standard InChI is InChI=1S/C13H28N2/c1-6-14-8-11(3)13(5)15-9-10(2)7-12(15)4/h10-14H,6-9H2,1-5H3. The van der Waals surface area contributed by atoms with Gasteiger partial charge in [-0.15, -0.1) is 0 Å². The van der Waals surface area contributed by atoms with E-state index in [2.05, 4.69) is 44.8 Å². The monoisotopic (exact) mass is 212 g/mol. The van der Waals surface area contributed by atoms with Gasteiger partial charge in [-0.05, 0) is 45.2 Å². The summed E-state index contributed by atoms with van der Waals surface area (Å²) >= 11 is 0. The molecule has 0 aliphatic carbocycles. The Bertz CT molecular complexity index is 181. The zero-order valence-electron chi connectivity index (χ0n) is 11.1. The fourth-order valence-electron chi connectivity index (χ4n) is 2.77. The number of likely N-dealkylation sites (tertiary alicyclic amines) is 1. The second-order valence-corrected chi connectivity index (χ2v) is 5.41. The van der Waals surface area contributed by atoms with E-state index in [-0.39, 0.29) is 0 Å². The zero-order chi connectivity index (χ0) is 11.4. The van der Waals surface area contributed by atoms with Crippen LogP contribution in [0.3, 0.4) is 0 Å². The molecule has 4 atom stereocenters. The molecule has 90 valence electrons. The summed E-state index contributed by atoms with van der Waals surface area (Å²) in [6, 6.07) is 1.49. The molecule has 1 saturated heterocycles. The molecule has 1 N–H and O–H groups in total. The molecule has 0 spiro atoms. The van der Waals surface area contributed by atoms with Gasteiger partial charge >= 0.3 is 0 Å². The maximum atomic E-state index is 3.45. The second kappa shape index (κ2) is 5.86. The first-order valence-electron chi connectivity index (χ1n) is 6.52. The fourth-order valence-corrected chi connectivity index (χ4v) is 2.77. The molecule has 1 aliphatic rings. The molecule has 0 bridgehead atoms. The van der Waals surface area contributed by atoms with E-state index in [1.165, 1.54) is 13.0 Å². The molecule has 1 aliphatic heterocycles. The average Bonchev–Trinajstić information content (AvgIpc) is 2.53. The largest absolute Gasteiger partial charge is 0.317 e. The summed E-state index contributed by atoms with van der Waals surface area (Å²) in [6.45, 7) is 15.2. The van der Waals surface area contributed by atoms with Crippen LogP contribution >= 0.6 is 0 Å². The number of hydrogen-bond donors (Lipinski definition) is 1. The normalized spacial score (nSPS) is 31.8. The van der Waals surface area contributed by atoms with Crippen molar-refractivity contribution in [1.82, 2.24) is 10.2 Å². The molecule has 0 aromatic rings. The van der Waals surface area contributed by atoms with Gasteiger partial charge in [0.2, 0.25) is 0 Å². The van der Waals surface area contributed by atoms with E-state index in [0.717, 1.165) is 31.0 Å². The zero-order valence-corrected chi connectivity index (χ0v) is 11.1. The predicted octanol–water partition coefficient (Wildman–Crippen LogP) is 2.35. The van der Waals surface area contributed by atoms with E-state index in [1.807, 2.05) is 0 Å². The van der Waals surface area contributed by atoms with Crippen molar-refractivity contribution in [1.29, 1.82) is 0 Å². The molecule has 1 heterocycles. The van der Waals surface area contributed by atoms with Crippen LogP contribution in [0.15, 0.2) is 0 Å². The first-order chi connectivity index (χ1) is 7.06. The lowest BCUT2D eigenvalue weighted by atomic mass is 10.0. The van der Waals surface area contributed by atoms with Crippen molar-refractivity contribution in [3.8, 4) is 0 Å². The van der Waals surface area contributed by atoms with Crippen molar-refractivity contribution in [3.05, 3.63) is 0 Å². The van der Waals surface area contributed by atoms with Gasteiger partial charge in [0.25, 0.3) is 0 Å². The summed E-state index contributed by atoms with van der Waals surface area (Å²) < 4.78 is 0. The third kappa shape index (κ3) is 3.46. The molecular formula is C13H28N2. The van der Waals surface area contributed by atoms with Crippen molar-refractivity contribution >= 4 is 0 Å². The van der Waals surface area contributed by atoms with Gasteiger partial charge in [-0.3, -0.25) is 4.90 Å². The third-order valence-electron chi connectivity index (χ3n) is 3.90. The number of rotatable bonds is 5. The van der Waals surface area contributed by atoms with Gasteiger partial charge in [0, 0.05) is 18.6 Å². The first kappa shape index (κ1) is 13.0. The van der Waals surface area contributed by atoms with Crippen LogP contribution in [-0.4, -0.2) is 36.6 Å². The molecule has 0 amide bonds. The summed E-state index contributed by atoms with van der Waals surface area (Å²) in [5.41, 5.74) is 0. The highest BCUT2D eigenvalue weighted by atomic mass is 15.2. The van der Waals surface area contributed by atoms with Gasteiger partial charge in [-0.25, -0.2) is 0 Å². The van der Waals surface area contributed by atoms with Crippen LogP contribution in [0.4, 0.5) is 0 Å². The SMILES string of the molecule is CCNCC(C)C(C)N1CC(C)CC1C. The smallest absolute Gasteiger partial charge is 0.0108 e. The van der Waals surface area contributed by atoms with E-state index in [9.17, 15) is 0 Å². The molecule has 0 saturated carbocycles. The second-order valence-electron chi connectivity index (χ2n) is 5.41. The summed E-state index contributed by atoms with van der Waals surface area (Å²) in [7, 11) is 0. The Morgan fingerprint density at radius 1 is 1.33 bits per heavy atom. The van der Waals surface area contributed by atoms with Crippen molar-refractivity contribution in [2.45, 2.75) is 53.1 Å². The van der Waals surface area contributed by atoms with Crippen LogP contribution in [0.1, 0.15) is 41.0 Å². The van der Waals surface area contributed by atoms with Gasteiger partial charge in [-0.2, -0.15) is 0 Å². The maximum Gasteiger partial charge on any atom is 0.0108 e. The van der Waals surface area contributed by atoms with Crippen LogP contribution in [0.5, 0.6) is 0 Å². The van der Waals surface area contributed by atoms with Crippen molar-refractivity contribution in [2.24, 2.45) is 11.8 Å². The van der Waals surface area contributed by atoms with Gasteiger partial charge in [-0.1, -0.05) is 20.8 Å². The van der Waals surface area contributed by atoms with Crippen molar-refractivity contribution in [3.63, 3.8) is 0 Å². The minimum atomic E-state index is 0.712. The minimum Gasteiger partial charge on any atom is -0.317 e. The Balaban J connectivity index is 2.41. The van der Waals surface area contributed by atoms with E-state index in [1.54, 1.807) is 0 Å². The van der Waals surface area contributed by atoms with E-state index < -0.39 is 0 Å². The fraction of sp³-hybridized carbons (Fsp3) is 1.00. The lowest BCUT2D eigenvalue weighted by Crippen LogP contribution is -2.43. The first-order valence-corrected chi connectivity index (χ1v) is 6.52. The lowest BCUT2D eigenvalue weighted by Gasteiger charge is -2.33. The topological polar surface area (TPSA) is 15.3 Å².